The van der Waals surface area contributed by atoms with E-state index in [1.165, 1.54) is 22.7 Å². The molecule has 0 spiro atoms. The van der Waals surface area contributed by atoms with Gasteiger partial charge >= 0.3 is 0 Å². The fraction of sp³-hybridized carbons (Fsp3) is 0.176. The molecule has 20 heavy (non-hydrogen) atoms. The van der Waals surface area contributed by atoms with Gasteiger partial charge in [-0.25, -0.2) is 4.39 Å². The van der Waals surface area contributed by atoms with Gasteiger partial charge in [0.15, 0.2) is 0 Å². The van der Waals surface area contributed by atoms with Crippen LogP contribution in [0.5, 0.6) is 0 Å². The Balaban J connectivity index is 1.85. The molecule has 3 rings (SSSR count). The average molecular weight is 285 g/mol. The summed E-state index contributed by atoms with van der Waals surface area (Å²) in [6.45, 7) is 2.01. The molecule has 0 unspecified atom stereocenters. The van der Waals surface area contributed by atoms with E-state index in [-0.39, 0.29) is 5.82 Å². The van der Waals surface area contributed by atoms with Crippen LogP contribution < -0.4 is 4.90 Å². The second-order valence-electron chi connectivity index (χ2n) is 4.73. The van der Waals surface area contributed by atoms with E-state index in [0.29, 0.717) is 0 Å². The Morgan fingerprint density at radius 2 is 1.75 bits per heavy atom. The van der Waals surface area contributed by atoms with Crippen LogP contribution in [0.15, 0.2) is 70.5 Å². The SMILES string of the molecule is Fc1ccc(Sc2ccccc2N2CC=CCC2)cc1. The minimum atomic E-state index is -0.191. The maximum Gasteiger partial charge on any atom is 0.123 e. The molecule has 2 aromatic rings. The fourth-order valence-corrected chi connectivity index (χ4v) is 3.27. The molecule has 3 heteroatoms. The van der Waals surface area contributed by atoms with E-state index in [2.05, 4.69) is 41.3 Å². The Kier molecular flexibility index (Phi) is 4.07. The number of hydrogen-bond donors (Lipinski definition) is 0. The molecule has 0 saturated carbocycles. The molecule has 0 bridgehead atoms. The van der Waals surface area contributed by atoms with Gasteiger partial charge < -0.3 is 4.90 Å². The lowest BCUT2D eigenvalue weighted by Crippen LogP contribution is -2.27. The maximum absolute atomic E-state index is 13.0. The van der Waals surface area contributed by atoms with Gasteiger partial charge in [-0.2, -0.15) is 0 Å². The predicted molar refractivity (Wildman–Crippen MR) is 82.9 cm³/mol. The predicted octanol–water partition coefficient (Wildman–Crippen LogP) is 4.74. The highest BCUT2D eigenvalue weighted by Gasteiger charge is 2.12. The minimum Gasteiger partial charge on any atom is -0.367 e. The first-order chi connectivity index (χ1) is 9.83. The Hall–Kier alpha value is -1.74. The molecule has 0 N–H and O–H groups in total. The van der Waals surface area contributed by atoms with Gasteiger partial charge in [0.05, 0.1) is 5.69 Å². The third-order valence-corrected chi connectivity index (χ3v) is 4.38. The van der Waals surface area contributed by atoms with Crippen molar-refractivity contribution < 1.29 is 4.39 Å². The second-order valence-corrected chi connectivity index (χ2v) is 5.85. The van der Waals surface area contributed by atoms with Crippen LogP contribution in [-0.2, 0) is 0 Å². The summed E-state index contributed by atoms with van der Waals surface area (Å²) in [4.78, 5) is 4.66. The molecule has 0 aliphatic carbocycles. The zero-order valence-electron chi connectivity index (χ0n) is 11.1. The molecule has 0 atom stereocenters. The van der Waals surface area contributed by atoms with Gasteiger partial charge in [-0.3, -0.25) is 0 Å². The molecule has 0 fully saturated rings. The molecule has 1 heterocycles. The summed E-state index contributed by atoms with van der Waals surface area (Å²) >= 11 is 1.68. The normalized spacial score (nSPS) is 14.6. The van der Waals surface area contributed by atoms with Crippen LogP contribution in [0.4, 0.5) is 10.1 Å². The molecule has 2 aromatic carbocycles. The van der Waals surface area contributed by atoms with Crippen molar-refractivity contribution in [2.45, 2.75) is 16.2 Å². The Labute approximate surface area is 123 Å². The van der Waals surface area contributed by atoms with E-state index in [4.69, 9.17) is 0 Å². The summed E-state index contributed by atoms with van der Waals surface area (Å²) < 4.78 is 13.0. The van der Waals surface area contributed by atoms with Gasteiger partial charge in [-0.1, -0.05) is 36.0 Å². The largest absolute Gasteiger partial charge is 0.367 e. The summed E-state index contributed by atoms with van der Waals surface area (Å²) in [5.74, 6) is -0.191. The molecule has 1 aliphatic heterocycles. The standard InChI is InChI=1S/C17H16FNS/c18-14-8-10-15(11-9-14)20-17-7-3-2-6-16(17)19-12-4-1-5-13-19/h1-4,6-11H,5,12-13H2. The number of rotatable bonds is 3. The number of benzene rings is 2. The summed E-state index contributed by atoms with van der Waals surface area (Å²) in [7, 11) is 0. The number of halogens is 1. The molecular formula is C17H16FNS. The van der Waals surface area contributed by atoms with Crippen LogP contribution in [-0.4, -0.2) is 13.1 Å². The van der Waals surface area contributed by atoms with Crippen LogP contribution in [0, 0.1) is 5.82 Å². The number of anilines is 1. The maximum atomic E-state index is 13.0. The Morgan fingerprint density at radius 1 is 0.950 bits per heavy atom. The lowest BCUT2D eigenvalue weighted by atomic mass is 10.2. The molecule has 102 valence electrons. The first-order valence-corrected chi connectivity index (χ1v) is 7.57. The van der Waals surface area contributed by atoms with Crippen LogP contribution in [0.1, 0.15) is 6.42 Å². The van der Waals surface area contributed by atoms with E-state index in [9.17, 15) is 4.39 Å². The lowest BCUT2D eigenvalue weighted by Gasteiger charge is -2.27. The first kappa shape index (κ1) is 13.3. The van der Waals surface area contributed by atoms with Crippen molar-refractivity contribution in [3.05, 3.63) is 66.5 Å². The molecular weight excluding hydrogens is 269 g/mol. The monoisotopic (exact) mass is 285 g/mol. The van der Waals surface area contributed by atoms with E-state index < -0.39 is 0 Å². The van der Waals surface area contributed by atoms with Gasteiger partial charge in [0.2, 0.25) is 0 Å². The highest BCUT2D eigenvalue weighted by Crippen LogP contribution is 2.35. The van der Waals surface area contributed by atoms with Gasteiger partial charge in [0.1, 0.15) is 5.82 Å². The van der Waals surface area contributed by atoms with Crippen molar-refractivity contribution in [1.82, 2.24) is 0 Å². The summed E-state index contributed by atoms with van der Waals surface area (Å²) in [6, 6.07) is 15.1. The zero-order valence-corrected chi connectivity index (χ0v) is 11.9. The molecule has 0 radical (unpaired) electrons. The number of nitrogens with zero attached hydrogens (tertiary/aromatic N) is 1. The van der Waals surface area contributed by atoms with Crippen LogP contribution in [0.2, 0.25) is 0 Å². The third-order valence-electron chi connectivity index (χ3n) is 3.31. The molecule has 0 amide bonds. The van der Waals surface area contributed by atoms with Crippen LogP contribution >= 0.6 is 11.8 Å². The van der Waals surface area contributed by atoms with Crippen molar-refractivity contribution in [3.63, 3.8) is 0 Å². The van der Waals surface area contributed by atoms with Gasteiger partial charge in [-0.15, -0.1) is 0 Å². The van der Waals surface area contributed by atoms with Gasteiger partial charge in [0, 0.05) is 22.9 Å². The quantitative estimate of drug-likeness (QED) is 0.749. The fourth-order valence-electron chi connectivity index (χ4n) is 2.29. The smallest absolute Gasteiger partial charge is 0.123 e. The molecule has 1 nitrogen and oxygen atoms in total. The number of para-hydroxylation sites is 1. The topological polar surface area (TPSA) is 3.24 Å². The summed E-state index contributed by atoms with van der Waals surface area (Å²) in [6.07, 6.45) is 5.53. The highest BCUT2D eigenvalue weighted by molar-refractivity contribution is 7.99. The van der Waals surface area contributed by atoms with Crippen molar-refractivity contribution in [2.24, 2.45) is 0 Å². The Bertz CT molecular complexity index is 607. The van der Waals surface area contributed by atoms with Gasteiger partial charge in [-0.05, 0) is 42.8 Å². The van der Waals surface area contributed by atoms with Crippen molar-refractivity contribution in [2.75, 3.05) is 18.0 Å². The van der Waals surface area contributed by atoms with E-state index in [1.807, 2.05) is 12.1 Å². The third kappa shape index (κ3) is 3.05. The lowest BCUT2D eigenvalue weighted by molar-refractivity contribution is 0.626. The van der Waals surface area contributed by atoms with Crippen LogP contribution in [0.25, 0.3) is 0 Å². The van der Waals surface area contributed by atoms with E-state index >= 15 is 0 Å². The molecule has 1 aliphatic rings. The summed E-state index contributed by atoms with van der Waals surface area (Å²) in [5, 5.41) is 0. The number of hydrogen-bond acceptors (Lipinski definition) is 2. The Morgan fingerprint density at radius 3 is 2.50 bits per heavy atom. The average Bonchev–Trinajstić information content (AvgIpc) is 2.51. The molecule has 0 saturated heterocycles. The van der Waals surface area contributed by atoms with Crippen molar-refractivity contribution in [1.29, 1.82) is 0 Å². The summed E-state index contributed by atoms with van der Waals surface area (Å²) in [5.41, 5.74) is 1.26. The minimum absolute atomic E-state index is 0.191. The molecule has 0 aromatic heterocycles. The van der Waals surface area contributed by atoms with Gasteiger partial charge in [0.25, 0.3) is 0 Å². The van der Waals surface area contributed by atoms with Crippen LogP contribution in [0.3, 0.4) is 0 Å². The van der Waals surface area contributed by atoms with Crippen molar-refractivity contribution in [3.8, 4) is 0 Å². The van der Waals surface area contributed by atoms with E-state index in [0.717, 1.165) is 24.4 Å². The highest BCUT2D eigenvalue weighted by atomic mass is 32.2. The first-order valence-electron chi connectivity index (χ1n) is 6.75. The van der Waals surface area contributed by atoms with Crippen molar-refractivity contribution >= 4 is 17.4 Å². The zero-order chi connectivity index (χ0) is 13.8. The second kappa shape index (κ2) is 6.14. The van der Waals surface area contributed by atoms with E-state index in [1.54, 1.807) is 11.8 Å².